The largest absolute Gasteiger partial charge is 0.508 e. The number of nitrogens with zero attached hydrogens (tertiary/aromatic N) is 2. The average Bonchev–Trinajstić information content (AvgIpc) is 2.56. The molecule has 0 fully saturated rings. The van der Waals surface area contributed by atoms with Gasteiger partial charge in [-0.05, 0) is 24.3 Å². The van der Waals surface area contributed by atoms with Crippen LogP contribution >= 0.6 is 11.6 Å². The maximum atomic E-state index is 12.3. The molecule has 0 radical (unpaired) electrons. The lowest BCUT2D eigenvalue weighted by atomic mass is 10.0. The zero-order valence-electron chi connectivity index (χ0n) is 12.3. The number of H-pyrrole nitrogens is 1. The van der Waals surface area contributed by atoms with E-state index < -0.39 is 11.7 Å². The van der Waals surface area contributed by atoms with Gasteiger partial charge in [0.25, 0.3) is 5.56 Å². The van der Waals surface area contributed by atoms with Gasteiger partial charge >= 0.3 is 0 Å². The molecule has 0 aliphatic carbocycles. The number of hydrogen-bond donors (Lipinski definition) is 4. The van der Waals surface area contributed by atoms with E-state index in [1.165, 1.54) is 12.1 Å². The first kappa shape index (κ1) is 16.0. The van der Waals surface area contributed by atoms with Crippen LogP contribution in [0.3, 0.4) is 0 Å². The smallest absolute Gasteiger partial charge is 0.276 e. The molecule has 8 heteroatoms. The van der Waals surface area contributed by atoms with Gasteiger partial charge in [-0.15, -0.1) is 0 Å². The number of phenolic OH excluding ortho intramolecular Hbond substituents is 1. The van der Waals surface area contributed by atoms with E-state index in [2.05, 4.69) is 15.1 Å². The second kappa shape index (κ2) is 6.31. The lowest BCUT2D eigenvalue weighted by Gasteiger charge is -2.14. The number of aliphatic hydroxyl groups excluding tert-OH is 1. The summed E-state index contributed by atoms with van der Waals surface area (Å²) in [5, 5.41) is 24.3. The van der Waals surface area contributed by atoms with Crippen LogP contribution in [0.4, 0.5) is 0 Å². The van der Waals surface area contributed by atoms with Gasteiger partial charge in [0.1, 0.15) is 17.6 Å². The Bertz CT molecular complexity index is 1000. The third kappa shape index (κ3) is 2.82. The summed E-state index contributed by atoms with van der Waals surface area (Å²) in [7, 11) is 0. The molecule has 1 unspecified atom stereocenters. The van der Waals surface area contributed by atoms with Gasteiger partial charge < -0.3 is 21.0 Å². The molecule has 1 atom stereocenters. The molecule has 2 aromatic carbocycles. The van der Waals surface area contributed by atoms with Crippen LogP contribution in [0, 0.1) is 0 Å². The number of fused-ring (bicyclic) bond motifs is 1. The highest BCUT2D eigenvalue weighted by molar-refractivity contribution is 6.31. The molecular weight excluding hydrogens is 332 g/mol. The molecule has 5 N–H and O–H groups in total. The van der Waals surface area contributed by atoms with Crippen molar-refractivity contribution in [1.29, 1.82) is 0 Å². The number of benzene rings is 2. The summed E-state index contributed by atoms with van der Waals surface area (Å²) in [5.41, 5.74) is 0.199. The predicted molar refractivity (Wildman–Crippen MR) is 91.2 cm³/mol. The fourth-order valence-electron chi connectivity index (χ4n) is 2.36. The Labute approximate surface area is 141 Å². The summed E-state index contributed by atoms with van der Waals surface area (Å²) in [5.74, 6) is 5.22. The van der Waals surface area contributed by atoms with Crippen molar-refractivity contribution in [3.63, 3.8) is 0 Å². The monoisotopic (exact) mass is 344 g/mol. The number of aliphatic hydroxyl groups is 1. The first-order valence-electron chi connectivity index (χ1n) is 6.95. The molecule has 0 bridgehead atoms. The molecule has 24 heavy (non-hydrogen) atoms. The first-order valence-corrected chi connectivity index (χ1v) is 7.32. The maximum absolute atomic E-state index is 12.3. The van der Waals surface area contributed by atoms with Crippen molar-refractivity contribution in [2.45, 2.75) is 6.10 Å². The van der Waals surface area contributed by atoms with Crippen molar-refractivity contribution in [2.75, 3.05) is 0 Å². The van der Waals surface area contributed by atoms with E-state index in [4.69, 9.17) is 17.4 Å². The molecule has 1 aromatic heterocycles. The van der Waals surface area contributed by atoms with Crippen molar-refractivity contribution in [3.8, 4) is 5.75 Å². The minimum Gasteiger partial charge on any atom is -0.508 e. The number of aromatic nitrogens is 2. The van der Waals surface area contributed by atoms with Gasteiger partial charge in [0.05, 0.1) is 11.0 Å². The summed E-state index contributed by atoms with van der Waals surface area (Å²) < 4.78 is 0. The molecule has 1 heterocycles. The first-order chi connectivity index (χ1) is 11.5. The zero-order chi connectivity index (χ0) is 17.3. The van der Waals surface area contributed by atoms with Gasteiger partial charge in [-0.1, -0.05) is 29.8 Å². The summed E-state index contributed by atoms with van der Waals surface area (Å²) in [6.45, 7) is 0. The van der Waals surface area contributed by atoms with E-state index >= 15 is 0 Å². The highest BCUT2D eigenvalue weighted by atomic mass is 35.5. The zero-order valence-corrected chi connectivity index (χ0v) is 13.0. The second-order valence-electron chi connectivity index (χ2n) is 5.05. The van der Waals surface area contributed by atoms with Crippen LogP contribution in [-0.2, 0) is 0 Å². The molecule has 0 aliphatic heterocycles. The van der Waals surface area contributed by atoms with Crippen LogP contribution < -0.4 is 11.4 Å². The van der Waals surface area contributed by atoms with Crippen LogP contribution in [0.5, 0.6) is 5.75 Å². The van der Waals surface area contributed by atoms with Crippen molar-refractivity contribution in [1.82, 2.24) is 9.97 Å². The number of nitrogens with one attached hydrogen (secondary N) is 1. The van der Waals surface area contributed by atoms with Crippen LogP contribution in [0.1, 0.15) is 17.4 Å². The van der Waals surface area contributed by atoms with Crippen molar-refractivity contribution in [3.05, 3.63) is 69.1 Å². The Kier molecular flexibility index (Phi) is 4.20. The van der Waals surface area contributed by atoms with E-state index in [9.17, 15) is 15.0 Å². The second-order valence-corrected chi connectivity index (χ2v) is 5.49. The van der Waals surface area contributed by atoms with E-state index in [1.54, 1.807) is 30.3 Å². The van der Waals surface area contributed by atoms with Gasteiger partial charge in [0.2, 0.25) is 0 Å². The van der Waals surface area contributed by atoms with Crippen molar-refractivity contribution in [2.24, 2.45) is 10.9 Å². The third-order valence-corrected chi connectivity index (χ3v) is 3.76. The van der Waals surface area contributed by atoms with Gasteiger partial charge in [0, 0.05) is 10.6 Å². The van der Waals surface area contributed by atoms with E-state index in [-0.39, 0.29) is 22.7 Å². The van der Waals surface area contributed by atoms with E-state index in [0.717, 1.165) is 0 Å². The highest BCUT2D eigenvalue weighted by Crippen LogP contribution is 2.26. The Balaban J connectivity index is 2.14. The Morgan fingerprint density at radius 3 is 2.75 bits per heavy atom. The minimum absolute atomic E-state index is 0.136. The molecule has 0 saturated heterocycles. The Hall–Kier alpha value is -2.90. The van der Waals surface area contributed by atoms with Gasteiger partial charge in [-0.25, -0.2) is 4.98 Å². The molecule has 7 nitrogen and oxygen atoms in total. The predicted octanol–water partition coefficient (Wildman–Crippen LogP) is 1.68. The van der Waals surface area contributed by atoms with Crippen LogP contribution in [0.2, 0.25) is 5.02 Å². The fourth-order valence-corrected chi connectivity index (χ4v) is 2.53. The fraction of sp³-hybridized carbons (Fsp3) is 0.0625. The Morgan fingerprint density at radius 1 is 1.29 bits per heavy atom. The van der Waals surface area contributed by atoms with E-state index in [1.807, 2.05) is 0 Å². The Morgan fingerprint density at radius 2 is 2.04 bits per heavy atom. The number of hydrazone groups is 1. The molecule has 122 valence electrons. The summed E-state index contributed by atoms with van der Waals surface area (Å²) in [6, 6.07) is 11.0. The molecular formula is C16H13ClN4O3. The molecule has 0 amide bonds. The van der Waals surface area contributed by atoms with Gasteiger partial charge in [0.15, 0.2) is 5.69 Å². The average molecular weight is 345 g/mol. The molecule has 0 spiro atoms. The normalized spacial score (nSPS) is 13.2. The van der Waals surface area contributed by atoms with E-state index in [0.29, 0.717) is 16.1 Å². The standard InChI is InChI=1S/C16H13ClN4O3/c17-8-5-6-10-11(7-8)20-16(24)14(19-10)13(21-18)15(23)9-3-1-2-4-12(9)22/h1-7,15,22-23H,18H2,(H,20,24). The van der Waals surface area contributed by atoms with Crippen LogP contribution in [-0.4, -0.2) is 25.9 Å². The maximum Gasteiger partial charge on any atom is 0.276 e. The molecule has 3 rings (SSSR count). The van der Waals surface area contributed by atoms with Crippen molar-refractivity contribution >= 4 is 28.3 Å². The van der Waals surface area contributed by atoms with Gasteiger partial charge in [-0.3, -0.25) is 4.79 Å². The third-order valence-electron chi connectivity index (χ3n) is 3.53. The number of halogens is 1. The number of aromatic hydroxyl groups is 1. The number of para-hydroxylation sites is 1. The summed E-state index contributed by atoms with van der Waals surface area (Å²) in [4.78, 5) is 19.1. The summed E-state index contributed by atoms with van der Waals surface area (Å²) >= 11 is 5.89. The number of hydrogen-bond acceptors (Lipinski definition) is 6. The lowest BCUT2D eigenvalue weighted by molar-refractivity contribution is 0.242. The molecule has 3 aromatic rings. The molecule has 0 aliphatic rings. The summed E-state index contributed by atoms with van der Waals surface area (Å²) in [6.07, 6.45) is -1.41. The number of aromatic amines is 1. The van der Waals surface area contributed by atoms with Crippen LogP contribution in [0.25, 0.3) is 11.0 Å². The number of rotatable bonds is 3. The minimum atomic E-state index is -1.41. The lowest BCUT2D eigenvalue weighted by Crippen LogP contribution is -2.26. The SMILES string of the molecule is NN=C(c1nc2ccc(Cl)cc2[nH]c1=O)C(O)c1ccccc1O. The quantitative estimate of drug-likeness (QED) is 0.327. The topological polar surface area (TPSA) is 125 Å². The van der Waals surface area contributed by atoms with Gasteiger partial charge in [-0.2, -0.15) is 5.10 Å². The number of phenols is 1. The number of nitrogens with two attached hydrogens (primary N) is 1. The van der Waals surface area contributed by atoms with Crippen LogP contribution in [0.15, 0.2) is 52.4 Å². The van der Waals surface area contributed by atoms with Crippen molar-refractivity contribution < 1.29 is 10.2 Å². The molecule has 0 saturated carbocycles. The highest BCUT2D eigenvalue weighted by Gasteiger charge is 2.24.